The normalized spacial score (nSPS) is 10.6. The van der Waals surface area contributed by atoms with Crippen LogP contribution in [0.2, 0.25) is 0 Å². The topological polar surface area (TPSA) is 30.0 Å². The number of ketones is 1. The molecule has 1 heterocycles. The van der Waals surface area contributed by atoms with E-state index in [-0.39, 0.29) is 5.78 Å². The van der Waals surface area contributed by atoms with Gasteiger partial charge < -0.3 is 0 Å². The third-order valence-corrected chi connectivity index (χ3v) is 5.29. The Kier molecular flexibility index (Phi) is 4.97. The fourth-order valence-electron chi connectivity index (χ4n) is 1.42. The number of nitrogens with zero attached hydrogens (tertiary/aromatic N) is 1. The van der Waals surface area contributed by atoms with Crippen LogP contribution in [0.3, 0.4) is 0 Å². The summed E-state index contributed by atoms with van der Waals surface area (Å²) < 4.78 is 1.04. The first-order chi connectivity index (χ1) is 8.65. The molecule has 0 aliphatic rings. The van der Waals surface area contributed by atoms with Crippen LogP contribution in [-0.2, 0) is 11.2 Å². The monoisotopic (exact) mass is 341 g/mol. The van der Waals surface area contributed by atoms with E-state index in [0.29, 0.717) is 12.2 Å². The maximum atomic E-state index is 11.8. The number of hydrogen-bond donors (Lipinski definition) is 0. The number of thioether (sulfide) groups is 1. The van der Waals surface area contributed by atoms with Gasteiger partial charge in [-0.3, -0.25) is 4.79 Å². The Labute approximate surface area is 123 Å². The van der Waals surface area contributed by atoms with Gasteiger partial charge in [0.05, 0.1) is 12.2 Å². The molecular formula is C13H12BrNOS2. The predicted molar refractivity (Wildman–Crippen MR) is 80.4 cm³/mol. The third kappa shape index (κ3) is 3.93. The molecule has 94 valence electrons. The van der Waals surface area contributed by atoms with E-state index < -0.39 is 0 Å². The lowest BCUT2D eigenvalue weighted by molar-refractivity contribution is -0.116. The maximum absolute atomic E-state index is 11.8. The van der Waals surface area contributed by atoms with Gasteiger partial charge in [0.1, 0.15) is 10.8 Å². The van der Waals surface area contributed by atoms with E-state index in [1.54, 1.807) is 23.1 Å². The number of carbonyl (C=O) groups excluding carboxylic acids is 1. The second-order valence-corrected chi connectivity index (χ2v) is 6.63. The molecule has 5 heteroatoms. The number of hydrogen-bond acceptors (Lipinski definition) is 4. The van der Waals surface area contributed by atoms with Gasteiger partial charge in [-0.15, -0.1) is 23.1 Å². The van der Waals surface area contributed by atoms with Crippen molar-refractivity contribution >= 4 is 44.8 Å². The lowest BCUT2D eigenvalue weighted by Gasteiger charge is -2.02. The van der Waals surface area contributed by atoms with Crippen LogP contribution in [0, 0.1) is 6.92 Å². The molecule has 1 aromatic carbocycles. The van der Waals surface area contributed by atoms with Crippen LogP contribution in [0.5, 0.6) is 0 Å². The van der Waals surface area contributed by atoms with Gasteiger partial charge in [0.2, 0.25) is 0 Å². The highest BCUT2D eigenvalue weighted by Gasteiger charge is 2.08. The Morgan fingerprint density at radius 1 is 1.44 bits per heavy atom. The second-order valence-electron chi connectivity index (χ2n) is 3.82. The second kappa shape index (κ2) is 6.50. The van der Waals surface area contributed by atoms with Gasteiger partial charge in [0.25, 0.3) is 0 Å². The number of aromatic nitrogens is 1. The van der Waals surface area contributed by atoms with Crippen LogP contribution in [0.15, 0.2) is 39.0 Å². The Morgan fingerprint density at radius 2 is 2.22 bits per heavy atom. The maximum Gasteiger partial charge on any atom is 0.149 e. The summed E-state index contributed by atoms with van der Waals surface area (Å²) in [6.07, 6.45) is 0.440. The van der Waals surface area contributed by atoms with Crippen LogP contribution in [0.4, 0.5) is 0 Å². The third-order valence-electron chi connectivity index (χ3n) is 2.24. The van der Waals surface area contributed by atoms with Gasteiger partial charge in [-0.05, 0) is 35.0 Å². The van der Waals surface area contributed by atoms with Gasteiger partial charge in [-0.2, -0.15) is 0 Å². The summed E-state index contributed by atoms with van der Waals surface area (Å²) in [4.78, 5) is 17.2. The molecular weight excluding hydrogens is 330 g/mol. The summed E-state index contributed by atoms with van der Waals surface area (Å²) in [6.45, 7) is 1.94. The van der Waals surface area contributed by atoms with E-state index in [1.807, 2.05) is 36.6 Å². The van der Waals surface area contributed by atoms with E-state index >= 15 is 0 Å². The number of rotatable bonds is 5. The summed E-state index contributed by atoms with van der Waals surface area (Å²) in [5.41, 5.74) is 0.987. The standard InChI is InChI=1S/C13H12BrNOS2/c1-9-7-18-13(15-9)6-10(16)8-17-12-5-3-2-4-11(12)14/h2-5,7H,6,8H2,1H3. The Balaban J connectivity index is 1.87. The molecule has 0 atom stereocenters. The minimum atomic E-state index is 0.213. The molecule has 0 N–H and O–H groups in total. The molecule has 0 saturated carbocycles. The van der Waals surface area contributed by atoms with Crippen molar-refractivity contribution in [1.82, 2.24) is 4.98 Å². The zero-order valence-electron chi connectivity index (χ0n) is 9.85. The molecule has 0 saturated heterocycles. The summed E-state index contributed by atoms with van der Waals surface area (Å²) in [5.74, 6) is 0.700. The highest BCUT2D eigenvalue weighted by atomic mass is 79.9. The van der Waals surface area contributed by atoms with E-state index in [4.69, 9.17) is 0 Å². The molecule has 0 bridgehead atoms. The molecule has 0 fully saturated rings. The summed E-state index contributed by atoms with van der Waals surface area (Å²) in [6, 6.07) is 7.93. The average Bonchev–Trinajstić information content (AvgIpc) is 2.74. The Morgan fingerprint density at radius 3 is 2.89 bits per heavy atom. The fourth-order valence-corrected chi connectivity index (χ4v) is 3.65. The van der Waals surface area contributed by atoms with Crippen LogP contribution >= 0.6 is 39.0 Å². The molecule has 0 radical (unpaired) electrons. The molecule has 0 amide bonds. The number of benzene rings is 1. The van der Waals surface area contributed by atoms with Crippen molar-refractivity contribution in [3.05, 3.63) is 44.8 Å². The van der Waals surface area contributed by atoms with E-state index in [9.17, 15) is 4.79 Å². The smallest absolute Gasteiger partial charge is 0.149 e. The molecule has 0 spiro atoms. The first kappa shape index (κ1) is 13.8. The van der Waals surface area contributed by atoms with Crippen molar-refractivity contribution in [2.75, 3.05) is 5.75 Å². The SMILES string of the molecule is Cc1csc(CC(=O)CSc2ccccc2Br)n1. The van der Waals surface area contributed by atoms with Crippen LogP contribution < -0.4 is 0 Å². The summed E-state index contributed by atoms with van der Waals surface area (Å²) in [7, 11) is 0. The van der Waals surface area contributed by atoms with Crippen LogP contribution in [0.25, 0.3) is 0 Å². The van der Waals surface area contributed by atoms with Crippen molar-refractivity contribution in [3.8, 4) is 0 Å². The van der Waals surface area contributed by atoms with Crippen LogP contribution in [-0.4, -0.2) is 16.5 Å². The predicted octanol–water partition coefficient (Wildman–Crippen LogP) is 4.12. The molecule has 2 nitrogen and oxygen atoms in total. The van der Waals surface area contributed by atoms with Crippen molar-refractivity contribution in [3.63, 3.8) is 0 Å². The molecule has 0 aliphatic heterocycles. The Hall–Kier alpha value is -0.650. The van der Waals surface area contributed by atoms with Crippen molar-refractivity contribution in [2.24, 2.45) is 0 Å². The number of thiazole rings is 1. The zero-order valence-corrected chi connectivity index (χ0v) is 13.1. The Bertz CT molecular complexity index is 553. The number of aryl methyl sites for hydroxylation is 1. The molecule has 0 unspecified atom stereocenters. The minimum Gasteiger partial charge on any atom is -0.298 e. The average molecular weight is 342 g/mol. The highest BCUT2D eigenvalue weighted by molar-refractivity contribution is 9.10. The largest absolute Gasteiger partial charge is 0.298 e. The number of Topliss-reactive ketones (excluding diaryl/α,β-unsaturated/α-hetero) is 1. The lowest BCUT2D eigenvalue weighted by Crippen LogP contribution is -2.05. The number of halogens is 1. The molecule has 2 rings (SSSR count). The van der Waals surface area contributed by atoms with Gasteiger partial charge in [-0.1, -0.05) is 12.1 Å². The minimum absolute atomic E-state index is 0.213. The molecule has 2 aromatic rings. The molecule has 1 aromatic heterocycles. The van der Waals surface area contributed by atoms with Crippen molar-refractivity contribution < 1.29 is 4.79 Å². The summed E-state index contributed by atoms with van der Waals surface area (Å²) >= 11 is 6.59. The number of carbonyl (C=O) groups is 1. The van der Waals surface area contributed by atoms with E-state index in [0.717, 1.165) is 20.1 Å². The van der Waals surface area contributed by atoms with Gasteiger partial charge >= 0.3 is 0 Å². The summed E-state index contributed by atoms with van der Waals surface area (Å²) in [5, 5.41) is 2.88. The first-order valence-corrected chi connectivity index (χ1v) is 8.11. The lowest BCUT2D eigenvalue weighted by atomic mass is 10.3. The fraction of sp³-hybridized carbons (Fsp3) is 0.231. The first-order valence-electron chi connectivity index (χ1n) is 5.45. The van der Waals surface area contributed by atoms with E-state index in [1.165, 1.54) is 0 Å². The quantitative estimate of drug-likeness (QED) is 0.766. The molecule has 0 aliphatic carbocycles. The van der Waals surface area contributed by atoms with E-state index in [2.05, 4.69) is 20.9 Å². The van der Waals surface area contributed by atoms with Gasteiger partial charge in [0, 0.05) is 20.4 Å². The van der Waals surface area contributed by atoms with Gasteiger partial charge in [0.15, 0.2) is 0 Å². The zero-order chi connectivity index (χ0) is 13.0. The van der Waals surface area contributed by atoms with Crippen LogP contribution in [0.1, 0.15) is 10.7 Å². The van der Waals surface area contributed by atoms with Gasteiger partial charge in [-0.25, -0.2) is 4.98 Å². The highest BCUT2D eigenvalue weighted by Crippen LogP contribution is 2.27. The molecule has 18 heavy (non-hydrogen) atoms. The van der Waals surface area contributed by atoms with Crippen molar-refractivity contribution in [2.45, 2.75) is 18.2 Å². The van der Waals surface area contributed by atoms with Crippen molar-refractivity contribution in [1.29, 1.82) is 0 Å².